The van der Waals surface area contributed by atoms with E-state index in [4.69, 9.17) is 4.74 Å². The zero-order valence-corrected chi connectivity index (χ0v) is 47.7. The maximum Gasteiger partial charge on any atom is 0.305 e. The molecule has 0 fully saturated rings. The van der Waals surface area contributed by atoms with Gasteiger partial charge in [0.1, 0.15) is 0 Å². The van der Waals surface area contributed by atoms with Crippen LogP contribution in [0, 0.1) is 0 Å². The van der Waals surface area contributed by atoms with Gasteiger partial charge >= 0.3 is 5.97 Å². The van der Waals surface area contributed by atoms with Crippen LogP contribution in [0.3, 0.4) is 0 Å². The Bertz CT molecular complexity index is 1150. The maximum absolute atomic E-state index is 12.5. The summed E-state index contributed by atoms with van der Waals surface area (Å²) in [5, 5.41) is 23.2. The van der Waals surface area contributed by atoms with Crippen molar-refractivity contribution in [1.82, 2.24) is 5.32 Å². The molecule has 6 heteroatoms. The van der Waals surface area contributed by atoms with E-state index in [-0.39, 0.29) is 18.5 Å². The summed E-state index contributed by atoms with van der Waals surface area (Å²) in [6.07, 6.45) is 76.1. The van der Waals surface area contributed by atoms with Gasteiger partial charge in [0.15, 0.2) is 0 Å². The predicted octanol–water partition coefficient (Wildman–Crippen LogP) is 20.0. The molecule has 3 N–H and O–H groups in total. The molecule has 0 heterocycles. The molecule has 0 aromatic heterocycles. The van der Waals surface area contributed by atoms with Crippen LogP contribution < -0.4 is 5.32 Å². The molecule has 71 heavy (non-hydrogen) atoms. The number of esters is 1. The Morgan fingerprint density at radius 3 is 1.08 bits per heavy atom. The monoisotopic (exact) mass is 998 g/mol. The molecule has 6 nitrogen and oxygen atoms in total. The maximum atomic E-state index is 12.5. The summed E-state index contributed by atoms with van der Waals surface area (Å²) in [4.78, 5) is 24.6. The minimum absolute atomic E-state index is 0.00279. The number of hydrogen-bond donors (Lipinski definition) is 3. The van der Waals surface area contributed by atoms with Gasteiger partial charge in [-0.3, -0.25) is 9.59 Å². The summed E-state index contributed by atoms with van der Waals surface area (Å²) in [7, 11) is 0. The third-order valence-corrected chi connectivity index (χ3v) is 14.7. The largest absolute Gasteiger partial charge is 0.466 e. The van der Waals surface area contributed by atoms with Gasteiger partial charge in [0.25, 0.3) is 0 Å². The van der Waals surface area contributed by atoms with Crippen molar-refractivity contribution in [1.29, 1.82) is 0 Å². The molecule has 2 atom stereocenters. The number of rotatable bonds is 59. The van der Waals surface area contributed by atoms with Gasteiger partial charge in [-0.25, -0.2) is 0 Å². The van der Waals surface area contributed by atoms with Gasteiger partial charge in [-0.05, 0) is 64.2 Å². The summed E-state index contributed by atoms with van der Waals surface area (Å²) in [6.45, 7) is 4.90. The first kappa shape index (κ1) is 69.1. The van der Waals surface area contributed by atoms with Crippen LogP contribution in [0.1, 0.15) is 341 Å². The summed E-state index contributed by atoms with van der Waals surface area (Å²) < 4.78 is 5.49. The van der Waals surface area contributed by atoms with Gasteiger partial charge in [-0.15, -0.1) is 0 Å². The first-order valence-electron chi connectivity index (χ1n) is 31.8. The molecule has 0 rings (SSSR count). The highest BCUT2D eigenvalue weighted by molar-refractivity contribution is 5.76. The van der Waals surface area contributed by atoms with E-state index in [1.165, 1.54) is 263 Å². The molecule has 0 radical (unpaired) electrons. The van der Waals surface area contributed by atoms with E-state index in [1.807, 2.05) is 6.08 Å². The molecule has 2 unspecified atom stereocenters. The van der Waals surface area contributed by atoms with Gasteiger partial charge in [-0.2, -0.15) is 0 Å². The second-order valence-electron chi connectivity index (χ2n) is 21.7. The number of aliphatic hydroxyl groups is 2. The molecule has 0 aliphatic heterocycles. The van der Waals surface area contributed by atoms with Crippen LogP contribution >= 0.6 is 0 Å². The average Bonchev–Trinajstić information content (AvgIpc) is 3.37. The van der Waals surface area contributed by atoms with Gasteiger partial charge in [0, 0.05) is 12.8 Å². The van der Waals surface area contributed by atoms with Crippen LogP contribution in [-0.2, 0) is 14.3 Å². The third kappa shape index (κ3) is 57.2. The minimum atomic E-state index is -0.846. The predicted molar refractivity (Wildman–Crippen MR) is 310 cm³/mol. The van der Waals surface area contributed by atoms with Gasteiger partial charge in [-0.1, -0.05) is 301 Å². The Hall–Kier alpha value is -1.92. The van der Waals surface area contributed by atoms with Crippen LogP contribution in [0.15, 0.2) is 36.5 Å². The van der Waals surface area contributed by atoms with E-state index in [1.54, 1.807) is 6.08 Å². The van der Waals surface area contributed by atoms with Crippen LogP contribution in [0.5, 0.6) is 0 Å². The average molecular weight is 999 g/mol. The normalized spacial score (nSPS) is 12.8. The number of carbonyl (C=O) groups excluding carboxylic acids is 2. The Morgan fingerprint density at radius 1 is 0.394 bits per heavy atom. The number of carbonyl (C=O) groups is 2. The summed E-state index contributed by atoms with van der Waals surface area (Å²) in [5.74, 6) is -0.0655. The van der Waals surface area contributed by atoms with E-state index >= 15 is 0 Å². The van der Waals surface area contributed by atoms with Crippen molar-refractivity contribution in [3.05, 3.63) is 36.5 Å². The highest BCUT2D eigenvalue weighted by Gasteiger charge is 2.18. The number of ether oxygens (including phenoxy) is 1. The van der Waals surface area contributed by atoms with E-state index in [0.717, 1.165) is 51.4 Å². The number of unbranched alkanes of at least 4 members (excludes halogenated alkanes) is 44. The molecule has 0 aliphatic rings. The van der Waals surface area contributed by atoms with Crippen LogP contribution in [0.25, 0.3) is 0 Å². The lowest BCUT2D eigenvalue weighted by Gasteiger charge is -2.20. The highest BCUT2D eigenvalue weighted by Crippen LogP contribution is 2.17. The Balaban J connectivity index is 3.41. The molecular weight excluding hydrogens is 875 g/mol. The fourth-order valence-corrected chi connectivity index (χ4v) is 9.78. The van der Waals surface area contributed by atoms with Crippen molar-refractivity contribution < 1.29 is 24.5 Å². The number of hydrogen-bond acceptors (Lipinski definition) is 5. The molecule has 418 valence electrons. The number of aliphatic hydroxyl groups excluding tert-OH is 2. The van der Waals surface area contributed by atoms with E-state index in [2.05, 4.69) is 43.5 Å². The summed E-state index contributed by atoms with van der Waals surface area (Å²) in [5.41, 5.74) is 0. The van der Waals surface area contributed by atoms with Gasteiger partial charge in [0.2, 0.25) is 5.91 Å². The molecule has 0 spiro atoms. The van der Waals surface area contributed by atoms with Crippen molar-refractivity contribution in [2.75, 3.05) is 13.2 Å². The number of allylic oxidation sites excluding steroid dienone is 5. The molecule has 0 saturated carbocycles. The van der Waals surface area contributed by atoms with Crippen LogP contribution in [0.4, 0.5) is 0 Å². The van der Waals surface area contributed by atoms with Crippen molar-refractivity contribution >= 4 is 11.9 Å². The Morgan fingerprint density at radius 2 is 0.704 bits per heavy atom. The lowest BCUT2D eigenvalue weighted by Crippen LogP contribution is -2.45. The molecule has 1 amide bonds. The molecule has 0 aromatic carbocycles. The van der Waals surface area contributed by atoms with E-state index in [9.17, 15) is 19.8 Å². The number of amides is 1. The Kier molecular flexibility index (Phi) is 59.0. The first-order chi connectivity index (χ1) is 35.0. The van der Waals surface area contributed by atoms with Crippen molar-refractivity contribution in [3.8, 4) is 0 Å². The Labute approximate surface area is 443 Å². The fourth-order valence-electron chi connectivity index (χ4n) is 9.78. The second kappa shape index (κ2) is 60.6. The number of nitrogens with one attached hydrogen (secondary N) is 1. The van der Waals surface area contributed by atoms with E-state index < -0.39 is 12.1 Å². The quantitative estimate of drug-likeness (QED) is 0.0321. The van der Waals surface area contributed by atoms with Crippen LogP contribution in [-0.4, -0.2) is 47.4 Å². The topological polar surface area (TPSA) is 95.9 Å². The van der Waals surface area contributed by atoms with Gasteiger partial charge < -0.3 is 20.3 Å². The summed E-state index contributed by atoms with van der Waals surface area (Å²) >= 11 is 0. The zero-order valence-electron chi connectivity index (χ0n) is 47.7. The second-order valence-corrected chi connectivity index (χ2v) is 21.7. The smallest absolute Gasteiger partial charge is 0.305 e. The molecule has 0 bridgehead atoms. The third-order valence-electron chi connectivity index (χ3n) is 14.7. The molecule has 0 aliphatic carbocycles. The first-order valence-corrected chi connectivity index (χ1v) is 31.8. The van der Waals surface area contributed by atoms with Crippen molar-refractivity contribution in [2.45, 2.75) is 353 Å². The summed E-state index contributed by atoms with van der Waals surface area (Å²) in [6, 6.07) is -0.630. The lowest BCUT2D eigenvalue weighted by molar-refractivity contribution is -0.143. The lowest BCUT2D eigenvalue weighted by atomic mass is 10.0. The van der Waals surface area contributed by atoms with Crippen LogP contribution in [0.2, 0.25) is 0 Å². The van der Waals surface area contributed by atoms with Crippen molar-refractivity contribution in [3.63, 3.8) is 0 Å². The standard InChI is InChI=1S/C65H123NO5/c1-3-5-7-9-11-13-15-17-19-21-27-31-35-39-43-47-51-55-59-65(70)71-60-56-52-48-44-40-36-32-28-25-23-22-24-26-30-34-38-42-46-50-54-58-64(69)66-62(61-67)63(68)57-53-49-45-41-37-33-29-20-18-16-14-12-10-8-6-4-2/h13,15,19,21,53,57,62-63,67-68H,3-12,14,16-18,20,22-52,54-56,58-61H2,1-2H3,(H,66,69)/b15-13-,21-19-,57-53+. The zero-order chi connectivity index (χ0) is 51.4. The molecule has 0 aromatic rings. The van der Waals surface area contributed by atoms with Gasteiger partial charge in [0.05, 0.1) is 25.4 Å². The SMILES string of the molecule is CCCCCC/C=C\C/C=C\CCCCCCCCCC(=O)OCCCCCCCCCCCCCCCCCCCCCCC(=O)NC(CO)C(O)/C=C/CCCCCCCCCCCCCCCC. The highest BCUT2D eigenvalue weighted by atomic mass is 16.5. The van der Waals surface area contributed by atoms with E-state index in [0.29, 0.717) is 19.4 Å². The fraction of sp³-hybridized carbons (Fsp3) is 0.877. The minimum Gasteiger partial charge on any atom is -0.466 e. The molecule has 0 saturated heterocycles. The molecular formula is C65H123NO5. The van der Waals surface area contributed by atoms with Crippen molar-refractivity contribution in [2.24, 2.45) is 0 Å².